The molecule has 1 aromatic heterocycles. The molecule has 0 radical (unpaired) electrons. The Hall–Kier alpha value is -1.37. The molecule has 5 heteroatoms. The van der Waals surface area contributed by atoms with Crippen molar-refractivity contribution in [2.45, 2.75) is 26.7 Å². The number of benzene rings is 1. The van der Waals surface area contributed by atoms with E-state index in [1.165, 1.54) is 0 Å². The van der Waals surface area contributed by atoms with E-state index in [2.05, 4.69) is 27.6 Å². The molecule has 0 aliphatic heterocycles. The van der Waals surface area contributed by atoms with Crippen LogP contribution in [0.3, 0.4) is 0 Å². The lowest BCUT2D eigenvalue weighted by molar-refractivity contribution is 0.0488. The van der Waals surface area contributed by atoms with Gasteiger partial charge in [0.2, 0.25) is 11.7 Å². The van der Waals surface area contributed by atoms with Gasteiger partial charge in [0.1, 0.15) is 0 Å². The summed E-state index contributed by atoms with van der Waals surface area (Å²) < 4.78 is 11.7. The van der Waals surface area contributed by atoms with Crippen LogP contribution in [0.15, 0.2) is 28.7 Å². The van der Waals surface area contributed by atoms with Gasteiger partial charge in [-0.15, -0.1) is 0 Å². The first-order valence-electron chi connectivity index (χ1n) is 6.46. The first-order valence-corrected chi connectivity index (χ1v) is 7.54. The van der Waals surface area contributed by atoms with E-state index in [-0.39, 0.29) is 11.7 Å². The second kappa shape index (κ2) is 6.39. The molecule has 4 nitrogen and oxygen atoms in total. The van der Waals surface area contributed by atoms with Gasteiger partial charge in [-0.1, -0.05) is 19.9 Å². The predicted octanol–water partition coefficient (Wildman–Crippen LogP) is 4.25. The van der Waals surface area contributed by atoms with Crippen LogP contribution in [0.25, 0.3) is 11.5 Å². The third kappa shape index (κ3) is 3.20. The van der Waals surface area contributed by atoms with Crippen molar-refractivity contribution in [1.29, 1.82) is 0 Å². The topological polar surface area (TPSA) is 52.3 Å². The minimum atomic E-state index is -0.458. The Morgan fingerprint density at radius 1 is 1.45 bits per heavy atom. The van der Waals surface area contributed by atoms with Gasteiger partial charge in [0.25, 0.3) is 0 Å². The minimum Gasteiger partial charge on any atom is -0.460 e. The SMILES string of the molecule is CCOC(=O)c1oc(-c2cccc(I)c2)nc1C(C)C. The van der Waals surface area contributed by atoms with E-state index in [1.807, 2.05) is 38.1 Å². The zero-order valence-electron chi connectivity index (χ0n) is 11.6. The molecular weight excluding hydrogens is 369 g/mol. The average Bonchev–Trinajstić information content (AvgIpc) is 2.84. The first kappa shape index (κ1) is 15.0. The van der Waals surface area contributed by atoms with Crippen molar-refractivity contribution in [2.75, 3.05) is 6.61 Å². The number of esters is 1. The number of hydrogen-bond acceptors (Lipinski definition) is 4. The largest absolute Gasteiger partial charge is 0.460 e. The lowest BCUT2D eigenvalue weighted by atomic mass is 10.1. The lowest BCUT2D eigenvalue weighted by Gasteiger charge is -2.02. The minimum absolute atomic E-state index is 0.0923. The van der Waals surface area contributed by atoms with Gasteiger partial charge in [0.05, 0.1) is 12.3 Å². The van der Waals surface area contributed by atoms with Crippen LogP contribution in [0.4, 0.5) is 0 Å². The van der Waals surface area contributed by atoms with Crippen LogP contribution < -0.4 is 0 Å². The third-order valence-corrected chi connectivity index (χ3v) is 3.40. The number of rotatable bonds is 4. The van der Waals surface area contributed by atoms with E-state index < -0.39 is 5.97 Å². The Kier molecular flexibility index (Phi) is 4.80. The van der Waals surface area contributed by atoms with E-state index in [9.17, 15) is 4.79 Å². The number of aromatic nitrogens is 1. The van der Waals surface area contributed by atoms with Gasteiger partial charge >= 0.3 is 5.97 Å². The van der Waals surface area contributed by atoms with Gasteiger partial charge in [-0.2, -0.15) is 0 Å². The molecule has 0 fully saturated rings. The number of halogens is 1. The molecule has 1 heterocycles. The number of carbonyl (C=O) groups excluding carboxylic acids is 1. The molecule has 20 heavy (non-hydrogen) atoms. The van der Waals surface area contributed by atoms with Crippen LogP contribution >= 0.6 is 22.6 Å². The summed E-state index contributed by atoms with van der Waals surface area (Å²) in [4.78, 5) is 16.4. The van der Waals surface area contributed by atoms with Crippen LogP contribution in [0.1, 0.15) is 42.9 Å². The molecule has 0 aliphatic rings. The highest BCUT2D eigenvalue weighted by molar-refractivity contribution is 14.1. The van der Waals surface area contributed by atoms with Crippen molar-refractivity contribution in [3.05, 3.63) is 39.3 Å². The molecule has 0 aliphatic carbocycles. The Bertz CT molecular complexity index is 619. The first-order chi connectivity index (χ1) is 9.52. The molecule has 0 atom stereocenters. The van der Waals surface area contributed by atoms with E-state index in [4.69, 9.17) is 9.15 Å². The van der Waals surface area contributed by atoms with Crippen LogP contribution in [0.5, 0.6) is 0 Å². The molecule has 0 unspecified atom stereocenters. The summed E-state index contributed by atoms with van der Waals surface area (Å²) in [6.07, 6.45) is 0. The second-order valence-corrected chi connectivity index (χ2v) is 5.86. The van der Waals surface area contributed by atoms with Crippen LogP contribution in [0.2, 0.25) is 0 Å². The van der Waals surface area contributed by atoms with Gasteiger partial charge < -0.3 is 9.15 Å². The maximum Gasteiger partial charge on any atom is 0.376 e. The average molecular weight is 385 g/mol. The Morgan fingerprint density at radius 3 is 2.80 bits per heavy atom. The van der Waals surface area contributed by atoms with E-state index >= 15 is 0 Å². The van der Waals surface area contributed by atoms with Gasteiger partial charge in [0, 0.05) is 9.13 Å². The maximum absolute atomic E-state index is 11.9. The zero-order valence-corrected chi connectivity index (χ0v) is 13.8. The lowest BCUT2D eigenvalue weighted by Crippen LogP contribution is -2.07. The highest BCUT2D eigenvalue weighted by Gasteiger charge is 2.24. The van der Waals surface area contributed by atoms with Gasteiger partial charge in [-0.05, 0) is 53.6 Å². The smallest absolute Gasteiger partial charge is 0.376 e. The third-order valence-electron chi connectivity index (χ3n) is 2.73. The molecule has 2 rings (SSSR count). The summed E-state index contributed by atoms with van der Waals surface area (Å²) in [7, 11) is 0. The fourth-order valence-corrected chi connectivity index (χ4v) is 2.35. The molecule has 106 valence electrons. The number of nitrogens with zero attached hydrogens (tertiary/aromatic N) is 1. The van der Waals surface area contributed by atoms with Crippen molar-refractivity contribution >= 4 is 28.6 Å². The summed E-state index contributed by atoms with van der Waals surface area (Å²) in [5.41, 5.74) is 1.49. The standard InChI is InChI=1S/C15H16INO3/c1-4-19-15(18)13-12(9(2)3)17-14(20-13)10-6-5-7-11(16)8-10/h5-9H,4H2,1-3H3. The molecule has 0 saturated carbocycles. The van der Waals surface area contributed by atoms with Gasteiger partial charge in [-0.25, -0.2) is 9.78 Å². The number of oxazole rings is 1. The van der Waals surface area contributed by atoms with Gasteiger partial charge in [0.15, 0.2) is 0 Å². The summed E-state index contributed by atoms with van der Waals surface area (Å²) in [5, 5.41) is 0. The maximum atomic E-state index is 11.9. The highest BCUT2D eigenvalue weighted by Crippen LogP contribution is 2.27. The molecule has 0 N–H and O–H groups in total. The molecular formula is C15H16INO3. The Balaban J connectivity index is 2.46. The van der Waals surface area contributed by atoms with E-state index in [1.54, 1.807) is 6.92 Å². The normalized spacial score (nSPS) is 10.8. The van der Waals surface area contributed by atoms with E-state index in [0.29, 0.717) is 18.2 Å². The molecule has 0 bridgehead atoms. The van der Waals surface area contributed by atoms with Crippen LogP contribution in [-0.2, 0) is 4.74 Å². The molecule has 0 saturated heterocycles. The monoisotopic (exact) mass is 385 g/mol. The Labute approximate surface area is 131 Å². The molecule has 0 spiro atoms. The van der Waals surface area contributed by atoms with Crippen molar-refractivity contribution in [1.82, 2.24) is 4.98 Å². The highest BCUT2D eigenvalue weighted by atomic mass is 127. The number of hydrogen-bond donors (Lipinski definition) is 0. The van der Waals surface area contributed by atoms with Crippen LogP contribution in [0, 0.1) is 3.57 Å². The fourth-order valence-electron chi connectivity index (χ4n) is 1.81. The van der Waals surface area contributed by atoms with Crippen LogP contribution in [-0.4, -0.2) is 17.6 Å². The summed E-state index contributed by atoms with van der Waals surface area (Å²) in [5.74, 6) is 0.293. The van der Waals surface area contributed by atoms with E-state index in [0.717, 1.165) is 9.13 Å². The van der Waals surface area contributed by atoms with Crippen molar-refractivity contribution in [2.24, 2.45) is 0 Å². The van der Waals surface area contributed by atoms with Crippen molar-refractivity contribution in [3.8, 4) is 11.5 Å². The molecule has 2 aromatic rings. The summed E-state index contributed by atoms with van der Waals surface area (Å²) in [6, 6.07) is 7.79. The Morgan fingerprint density at radius 2 is 2.20 bits per heavy atom. The van der Waals surface area contributed by atoms with Crippen molar-refractivity contribution in [3.63, 3.8) is 0 Å². The fraction of sp³-hybridized carbons (Fsp3) is 0.333. The number of ether oxygens (including phenoxy) is 1. The molecule has 0 amide bonds. The molecule has 1 aromatic carbocycles. The second-order valence-electron chi connectivity index (χ2n) is 4.62. The zero-order chi connectivity index (χ0) is 14.7. The number of carbonyl (C=O) groups is 1. The summed E-state index contributed by atoms with van der Waals surface area (Å²) >= 11 is 2.23. The summed E-state index contributed by atoms with van der Waals surface area (Å²) in [6.45, 7) is 6.03. The predicted molar refractivity (Wildman–Crippen MR) is 84.7 cm³/mol. The van der Waals surface area contributed by atoms with Gasteiger partial charge in [-0.3, -0.25) is 0 Å². The quantitative estimate of drug-likeness (QED) is 0.584. The van der Waals surface area contributed by atoms with Crippen molar-refractivity contribution < 1.29 is 13.9 Å².